The molecule has 1 aliphatic rings. The molecule has 0 saturated carbocycles. The molecule has 1 aromatic rings. The zero-order valence-electron chi connectivity index (χ0n) is 12.2. The van der Waals surface area contributed by atoms with E-state index in [1.807, 2.05) is 20.2 Å². The van der Waals surface area contributed by atoms with Gasteiger partial charge in [0.1, 0.15) is 5.84 Å². The van der Waals surface area contributed by atoms with Crippen molar-refractivity contribution in [3.8, 4) is 5.75 Å². The summed E-state index contributed by atoms with van der Waals surface area (Å²) >= 11 is 0. The second kappa shape index (κ2) is 7.24. The lowest BCUT2D eigenvalue weighted by Crippen LogP contribution is -2.30. The number of rotatable bonds is 6. The van der Waals surface area contributed by atoms with Crippen LogP contribution in [0.25, 0.3) is 0 Å². The minimum Gasteiger partial charge on any atom is -0.490 e. The third-order valence-corrected chi connectivity index (χ3v) is 3.11. The number of aliphatic imine (C=N–C) groups is 1. The number of hydrogen-bond acceptors (Lipinski definition) is 4. The quantitative estimate of drug-likeness (QED) is 0.808. The fraction of sp³-hybridized carbons (Fsp3) is 0.533. The molecule has 0 aliphatic carbocycles. The second-order valence-electron chi connectivity index (χ2n) is 5.16. The minimum atomic E-state index is -0.331. The van der Waals surface area contributed by atoms with Crippen LogP contribution in [-0.4, -0.2) is 51.1 Å². The molecule has 1 N–H and O–H groups in total. The highest BCUT2D eigenvalue weighted by molar-refractivity contribution is 5.99. The summed E-state index contributed by atoms with van der Waals surface area (Å²) in [5, 5.41) is 3.18. The van der Waals surface area contributed by atoms with E-state index in [4.69, 9.17) is 4.74 Å². The first-order chi connectivity index (χ1) is 9.66. The van der Waals surface area contributed by atoms with Crippen molar-refractivity contribution in [1.29, 1.82) is 0 Å². The van der Waals surface area contributed by atoms with Gasteiger partial charge in [-0.05, 0) is 45.1 Å². The Bertz CT molecular complexity index is 474. The van der Waals surface area contributed by atoms with Gasteiger partial charge >= 0.3 is 0 Å². The Morgan fingerprint density at radius 1 is 1.40 bits per heavy atom. The topological polar surface area (TPSA) is 36.9 Å². The molecule has 1 aliphatic heterocycles. The smallest absolute Gasteiger partial charge is 0.165 e. The minimum absolute atomic E-state index is 0.309. The van der Waals surface area contributed by atoms with Crippen molar-refractivity contribution in [3.05, 3.63) is 29.6 Å². The Kier molecular flexibility index (Phi) is 5.35. The van der Waals surface area contributed by atoms with Crippen LogP contribution < -0.4 is 10.1 Å². The normalized spacial score (nSPS) is 14.9. The summed E-state index contributed by atoms with van der Waals surface area (Å²) < 4.78 is 19.4. The van der Waals surface area contributed by atoms with Crippen LogP contribution in [0.4, 0.5) is 4.39 Å². The molecule has 5 heteroatoms. The predicted octanol–water partition coefficient (Wildman–Crippen LogP) is 1.90. The summed E-state index contributed by atoms with van der Waals surface area (Å²) in [6.07, 6.45) is 1.90. The standard InChI is InChI=1S/C15H22FN3O/c1-19(2)9-4-10-20-14-6-5-12(11-13(14)16)15-17-7-3-8-18-15/h5-6,11H,3-4,7-10H2,1-2H3,(H,17,18). The lowest BCUT2D eigenvalue weighted by molar-refractivity contribution is 0.271. The summed E-state index contributed by atoms with van der Waals surface area (Å²) in [5.41, 5.74) is 0.780. The highest BCUT2D eigenvalue weighted by Crippen LogP contribution is 2.19. The van der Waals surface area contributed by atoms with E-state index < -0.39 is 0 Å². The molecule has 0 radical (unpaired) electrons. The highest BCUT2D eigenvalue weighted by atomic mass is 19.1. The first-order valence-corrected chi connectivity index (χ1v) is 7.02. The highest BCUT2D eigenvalue weighted by Gasteiger charge is 2.10. The van der Waals surface area contributed by atoms with Gasteiger partial charge in [-0.25, -0.2) is 4.39 Å². The van der Waals surface area contributed by atoms with E-state index in [1.165, 1.54) is 6.07 Å². The van der Waals surface area contributed by atoms with Crippen LogP contribution in [0.2, 0.25) is 0 Å². The van der Waals surface area contributed by atoms with E-state index in [0.29, 0.717) is 12.4 Å². The second-order valence-corrected chi connectivity index (χ2v) is 5.16. The van der Waals surface area contributed by atoms with Crippen LogP contribution in [0.3, 0.4) is 0 Å². The van der Waals surface area contributed by atoms with Crippen LogP contribution in [-0.2, 0) is 0 Å². The van der Waals surface area contributed by atoms with Crippen LogP contribution in [0.1, 0.15) is 18.4 Å². The number of hydrogen-bond donors (Lipinski definition) is 1. The molecular weight excluding hydrogens is 257 g/mol. The van der Waals surface area contributed by atoms with E-state index in [1.54, 1.807) is 6.07 Å². The maximum absolute atomic E-state index is 14.0. The van der Waals surface area contributed by atoms with Crippen molar-refractivity contribution >= 4 is 5.84 Å². The van der Waals surface area contributed by atoms with Crippen LogP contribution in [0.15, 0.2) is 23.2 Å². The van der Waals surface area contributed by atoms with E-state index in [-0.39, 0.29) is 5.82 Å². The maximum atomic E-state index is 14.0. The van der Waals surface area contributed by atoms with Crippen molar-refractivity contribution in [2.24, 2.45) is 4.99 Å². The molecule has 20 heavy (non-hydrogen) atoms. The first kappa shape index (κ1) is 14.8. The van der Waals surface area contributed by atoms with Crippen molar-refractivity contribution in [2.45, 2.75) is 12.8 Å². The monoisotopic (exact) mass is 279 g/mol. The molecule has 0 fully saturated rings. The van der Waals surface area contributed by atoms with Gasteiger partial charge in [-0.3, -0.25) is 4.99 Å². The van der Waals surface area contributed by atoms with E-state index >= 15 is 0 Å². The van der Waals surface area contributed by atoms with Crippen molar-refractivity contribution in [1.82, 2.24) is 10.2 Å². The zero-order valence-corrected chi connectivity index (χ0v) is 12.2. The average molecular weight is 279 g/mol. The maximum Gasteiger partial charge on any atom is 0.165 e. The summed E-state index contributed by atoms with van der Waals surface area (Å²) in [6, 6.07) is 5.01. The molecule has 1 aromatic carbocycles. The third-order valence-electron chi connectivity index (χ3n) is 3.11. The molecule has 4 nitrogen and oxygen atoms in total. The van der Waals surface area contributed by atoms with Gasteiger partial charge in [0, 0.05) is 25.2 Å². The largest absolute Gasteiger partial charge is 0.490 e. The van der Waals surface area contributed by atoms with Crippen molar-refractivity contribution < 1.29 is 9.13 Å². The average Bonchev–Trinajstić information content (AvgIpc) is 2.45. The Balaban J connectivity index is 1.93. The molecule has 0 amide bonds. The number of nitrogens with one attached hydrogen (secondary N) is 1. The molecule has 0 spiro atoms. The zero-order chi connectivity index (χ0) is 14.4. The molecule has 0 aromatic heterocycles. The molecule has 1 heterocycles. The summed E-state index contributed by atoms with van der Waals surface area (Å²) in [4.78, 5) is 6.44. The first-order valence-electron chi connectivity index (χ1n) is 7.02. The molecule has 110 valence electrons. The van der Waals surface area contributed by atoms with Gasteiger partial charge in [0.25, 0.3) is 0 Å². The summed E-state index contributed by atoms with van der Waals surface area (Å²) in [7, 11) is 4.01. The lowest BCUT2D eigenvalue weighted by Gasteiger charge is -2.15. The number of nitrogens with zero attached hydrogens (tertiary/aromatic N) is 2. The van der Waals surface area contributed by atoms with Gasteiger partial charge in [-0.2, -0.15) is 0 Å². The Labute approximate surface area is 119 Å². The fourth-order valence-electron chi connectivity index (χ4n) is 2.05. The van der Waals surface area contributed by atoms with E-state index in [9.17, 15) is 4.39 Å². The van der Waals surface area contributed by atoms with Gasteiger partial charge in [-0.15, -0.1) is 0 Å². The Hall–Kier alpha value is -1.62. The number of benzene rings is 1. The Morgan fingerprint density at radius 3 is 2.90 bits per heavy atom. The molecule has 2 rings (SSSR count). The number of halogens is 1. The van der Waals surface area contributed by atoms with Crippen molar-refractivity contribution in [3.63, 3.8) is 0 Å². The molecular formula is C15H22FN3O. The van der Waals surface area contributed by atoms with Gasteiger partial charge < -0.3 is 15.0 Å². The molecule has 0 atom stereocenters. The molecule has 0 unspecified atom stereocenters. The third kappa shape index (κ3) is 4.20. The van der Waals surface area contributed by atoms with Gasteiger partial charge in [0.2, 0.25) is 0 Å². The van der Waals surface area contributed by atoms with Crippen LogP contribution >= 0.6 is 0 Å². The van der Waals surface area contributed by atoms with Gasteiger partial charge in [0.05, 0.1) is 6.61 Å². The van der Waals surface area contributed by atoms with Gasteiger partial charge in [0.15, 0.2) is 11.6 Å². The predicted molar refractivity (Wildman–Crippen MR) is 79.1 cm³/mol. The molecule has 0 bridgehead atoms. The SMILES string of the molecule is CN(C)CCCOc1ccc(C2=NCCCN2)cc1F. The van der Waals surface area contributed by atoms with Crippen LogP contribution in [0, 0.1) is 5.82 Å². The fourth-order valence-corrected chi connectivity index (χ4v) is 2.05. The van der Waals surface area contributed by atoms with E-state index in [2.05, 4.69) is 15.2 Å². The summed E-state index contributed by atoms with van der Waals surface area (Å²) in [6.45, 7) is 3.14. The summed E-state index contributed by atoms with van der Waals surface area (Å²) in [5.74, 6) is 0.751. The van der Waals surface area contributed by atoms with Gasteiger partial charge in [-0.1, -0.05) is 0 Å². The lowest BCUT2D eigenvalue weighted by atomic mass is 10.1. The molecule has 0 saturated heterocycles. The van der Waals surface area contributed by atoms with Crippen molar-refractivity contribution in [2.75, 3.05) is 40.3 Å². The number of amidine groups is 1. The number of ether oxygens (including phenoxy) is 1. The van der Waals surface area contributed by atoms with Crippen LogP contribution in [0.5, 0.6) is 5.75 Å². The van der Waals surface area contributed by atoms with E-state index in [0.717, 1.165) is 43.9 Å². The Morgan fingerprint density at radius 2 is 2.25 bits per heavy atom.